The lowest BCUT2D eigenvalue weighted by atomic mass is 10.1. The van der Waals surface area contributed by atoms with Gasteiger partial charge in [-0.15, -0.1) is 0 Å². The summed E-state index contributed by atoms with van der Waals surface area (Å²) in [5.41, 5.74) is 0.399. The second-order valence-electron chi connectivity index (χ2n) is 9.53. The fraction of sp³-hybridized carbons (Fsp3) is 0.778. The number of nitrogens with zero attached hydrogens (tertiary/aromatic N) is 2. The van der Waals surface area contributed by atoms with Crippen LogP contribution in [0.1, 0.15) is 59.8 Å². The van der Waals surface area contributed by atoms with Crippen LogP contribution in [0.25, 0.3) is 0 Å². The Labute approximate surface area is 157 Å². The van der Waals surface area contributed by atoms with Crippen molar-refractivity contribution in [2.45, 2.75) is 83.8 Å². The summed E-state index contributed by atoms with van der Waals surface area (Å²) in [6, 6.07) is 1.76. The van der Waals surface area contributed by atoms with Crippen LogP contribution < -0.4 is 5.32 Å². The second kappa shape index (κ2) is 6.98. The Bertz CT molecular complexity index is 658. The molecule has 0 spiro atoms. The minimum atomic E-state index is -1.85. The maximum Gasteiger partial charge on any atom is 0.410 e. The summed E-state index contributed by atoms with van der Waals surface area (Å²) in [5.74, 6) is 0.456. The number of carboxylic acid groups (broad SMARTS) is 1. The van der Waals surface area contributed by atoms with Gasteiger partial charge in [0.2, 0.25) is 0 Å². The van der Waals surface area contributed by atoms with E-state index in [0.29, 0.717) is 12.4 Å². The van der Waals surface area contributed by atoms with Gasteiger partial charge in [-0.3, -0.25) is 5.32 Å². The van der Waals surface area contributed by atoms with E-state index in [-0.39, 0.29) is 22.8 Å². The third-order valence-corrected chi connectivity index (χ3v) is 9.69. The van der Waals surface area contributed by atoms with Crippen molar-refractivity contribution in [3.05, 3.63) is 11.8 Å². The zero-order chi connectivity index (χ0) is 19.9. The first-order valence-corrected chi connectivity index (χ1v) is 12.0. The largest absolute Gasteiger partial charge is 0.465 e. The van der Waals surface area contributed by atoms with Gasteiger partial charge in [0.05, 0.1) is 23.9 Å². The van der Waals surface area contributed by atoms with Crippen LogP contribution in [0.15, 0.2) is 6.07 Å². The summed E-state index contributed by atoms with van der Waals surface area (Å²) < 4.78 is 14.1. The van der Waals surface area contributed by atoms with Crippen molar-refractivity contribution in [3.63, 3.8) is 0 Å². The number of hydrogen-bond donors (Lipinski definition) is 2. The molecule has 1 aliphatic rings. The highest BCUT2D eigenvalue weighted by Crippen LogP contribution is 2.40. The summed E-state index contributed by atoms with van der Waals surface area (Å²) in [6.45, 7) is 17.6. The Hall–Kier alpha value is -1.38. The van der Waals surface area contributed by atoms with Crippen LogP contribution in [-0.2, 0) is 14.7 Å². The Kier molecular flexibility index (Phi) is 5.61. The molecule has 1 aromatic heterocycles. The SMILES string of the molecule is CC(C)(C)n1nc([C@@H]2C[C@@H](O[Si](C)(C)C(C)(C)C)CO2)cc1NC(=O)O. The summed E-state index contributed by atoms with van der Waals surface area (Å²) >= 11 is 0. The number of amides is 1. The van der Waals surface area contributed by atoms with E-state index in [2.05, 4.69) is 44.3 Å². The van der Waals surface area contributed by atoms with E-state index in [1.54, 1.807) is 10.7 Å². The van der Waals surface area contributed by atoms with Gasteiger partial charge in [-0.25, -0.2) is 9.48 Å². The Morgan fingerprint density at radius 2 is 1.96 bits per heavy atom. The van der Waals surface area contributed by atoms with E-state index >= 15 is 0 Å². The lowest BCUT2D eigenvalue weighted by molar-refractivity contribution is 0.0882. The first-order valence-electron chi connectivity index (χ1n) is 9.10. The maximum absolute atomic E-state index is 11.1. The maximum atomic E-state index is 11.1. The van der Waals surface area contributed by atoms with Crippen LogP contribution in [0, 0.1) is 0 Å². The van der Waals surface area contributed by atoms with Gasteiger partial charge in [0, 0.05) is 12.5 Å². The van der Waals surface area contributed by atoms with Crippen LogP contribution in [0.3, 0.4) is 0 Å². The molecule has 1 amide bonds. The standard InChI is InChI=1S/C18H33N3O4Si/c1-17(2,3)21-15(19-16(22)23)10-13(20-21)14-9-12(11-24-14)25-26(7,8)18(4,5)6/h10,12,14,19H,9,11H2,1-8H3,(H,22,23)/t12-,14+/m1/s1. The highest BCUT2D eigenvalue weighted by atomic mass is 28.4. The number of anilines is 1. The fourth-order valence-corrected chi connectivity index (χ4v) is 4.10. The second-order valence-corrected chi connectivity index (χ2v) is 14.3. The van der Waals surface area contributed by atoms with Crippen molar-refractivity contribution >= 4 is 20.2 Å². The molecule has 0 unspecified atom stereocenters. The third-order valence-electron chi connectivity index (χ3n) is 5.16. The number of rotatable bonds is 4. The zero-order valence-corrected chi connectivity index (χ0v) is 18.2. The van der Waals surface area contributed by atoms with Crippen LogP contribution in [-0.4, -0.2) is 42.0 Å². The van der Waals surface area contributed by atoms with Gasteiger partial charge < -0.3 is 14.3 Å². The third kappa shape index (κ3) is 4.66. The lowest BCUT2D eigenvalue weighted by Gasteiger charge is -2.38. The van der Waals surface area contributed by atoms with Gasteiger partial charge in [-0.05, 0) is 38.9 Å². The van der Waals surface area contributed by atoms with E-state index in [9.17, 15) is 4.79 Å². The summed E-state index contributed by atoms with van der Waals surface area (Å²) in [5, 5.41) is 16.3. The number of hydrogen-bond acceptors (Lipinski definition) is 4. The summed E-state index contributed by atoms with van der Waals surface area (Å²) in [7, 11) is -1.85. The fourth-order valence-electron chi connectivity index (χ4n) is 2.75. The van der Waals surface area contributed by atoms with E-state index in [4.69, 9.17) is 14.3 Å². The Morgan fingerprint density at radius 1 is 1.35 bits per heavy atom. The molecule has 0 radical (unpaired) electrons. The number of carbonyl (C=O) groups is 1. The van der Waals surface area contributed by atoms with Gasteiger partial charge in [0.1, 0.15) is 11.9 Å². The number of aromatic nitrogens is 2. The molecule has 2 heterocycles. The number of nitrogens with one attached hydrogen (secondary N) is 1. The molecule has 1 saturated heterocycles. The van der Waals surface area contributed by atoms with E-state index in [1.807, 2.05) is 20.8 Å². The molecule has 0 aliphatic carbocycles. The van der Waals surface area contributed by atoms with Crippen LogP contribution >= 0.6 is 0 Å². The number of ether oxygens (including phenoxy) is 1. The minimum Gasteiger partial charge on any atom is -0.465 e. The van der Waals surface area contributed by atoms with Crippen molar-refractivity contribution in [1.82, 2.24) is 9.78 Å². The molecule has 0 bridgehead atoms. The van der Waals surface area contributed by atoms with Crippen molar-refractivity contribution in [1.29, 1.82) is 0 Å². The van der Waals surface area contributed by atoms with Gasteiger partial charge in [-0.1, -0.05) is 20.8 Å². The monoisotopic (exact) mass is 383 g/mol. The van der Waals surface area contributed by atoms with E-state index < -0.39 is 14.4 Å². The average molecular weight is 384 g/mol. The smallest absolute Gasteiger partial charge is 0.410 e. The van der Waals surface area contributed by atoms with E-state index in [1.165, 1.54) is 0 Å². The predicted octanol–water partition coefficient (Wildman–Crippen LogP) is 4.58. The molecule has 26 heavy (non-hydrogen) atoms. The molecule has 2 atom stereocenters. The lowest BCUT2D eigenvalue weighted by Crippen LogP contribution is -2.44. The normalized spacial score (nSPS) is 21.8. The molecule has 8 heteroatoms. The molecule has 2 N–H and O–H groups in total. The van der Waals surface area contributed by atoms with Crippen molar-refractivity contribution in [3.8, 4) is 0 Å². The molecule has 0 aromatic carbocycles. The predicted molar refractivity (Wildman–Crippen MR) is 104 cm³/mol. The molecular formula is C18H33N3O4Si. The van der Waals surface area contributed by atoms with Crippen LogP contribution in [0.4, 0.5) is 10.6 Å². The topological polar surface area (TPSA) is 85.6 Å². The minimum absolute atomic E-state index is 0.0524. The first kappa shape index (κ1) is 20.9. The zero-order valence-electron chi connectivity index (χ0n) is 17.2. The van der Waals surface area contributed by atoms with Crippen molar-refractivity contribution < 1.29 is 19.1 Å². The molecule has 148 valence electrons. The molecule has 1 aliphatic heterocycles. The Balaban J connectivity index is 2.16. The molecule has 2 rings (SSSR count). The van der Waals surface area contributed by atoms with Crippen LogP contribution in [0.2, 0.25) is 18.1 Å². The summed E-state index contributed by atoms with van der Waals surface area (Å²) in [4.78, 5) is 11.1. The van der Waals surface area contributed by atoms with Gasteiger partial charge in [0.25, 0.3) is 0 Å². The van der Waals surface area contributed by atoms with Crippen molar-refractivity contribution in [2.24, 2.45) is 0 Å². The van der Waals surface area contributed by atoms with Gasteiger partial charge in [0.15, 0.2) is 8.32 Å². The van der Waals surface area contributed by atoms with Gasteiger partial charge in [-0.2, -0.15) is 5.10 Å². The Morgan fingerprint density at radius 3 is 2.46 bits per heavy atom. The average Bonchev–Trinajstić information content (AvgIpc) is 3.02. The highest BCUT2D eigenvalue weighted by Gasteiger charge is 2.41. The molecule has 7 nitrogen and oxygen atoms in total. The molecule has 0 saturated carbocycles. The van der Waals surface area contributed by atoms with Crippen molar-refractivity contribution in [2.75, 3.05) is 11.9 Å². The highest BCUT2D eigenvalue weighted by molar-refractivity contribution is 6.74. The van der Waals surface area contributed by atoms with Gasteiger partial charge >= 0.3 is 6.09 Å². The van der Waals surface area contributed by atoms with E-state index in [0.717, 1.165) is 12.1 Å². The molecule has 1 fully saturated rings. The van der Waals surface area contributed by atoms with Crippen LogP contribution in [0.5, 0.6) is 0 Å². The first-order chi connectivity index (χ1) is 11.7. The quantitative estimate of drug-likeness (QED) is 0.743. The molecular weight excluding hydrogens is 350 g/mol. The molecule has 1 aromatic rings. The summed E-state index contributed by atoms with van der Waals surface area (Å²) in [6.07, 6.45) is -0.493.